The fourth-order valence-electron chi connectivity index (χ4n) is 1.31. The molecule has 0 saturated heterocycles. The van der Waals surface area contributed by atoms with Gasteiger partial charge in [-0.25, -0.2) is 4.98 Å². The molecular weight excluding hydrogens is 206 g/mol. The van der Waals surface area contributed by atoms with Crippen LogP contribution >= 0.6 is 0 Å². The van der Waals surface area contributed by atoms with E-state index in [1.165, 1.54) is 0 Å². The zero-order valence-electron chi connectivity index (χ0n) is 9.19. The molecule has 0 aliphatic heterocycles. The molecule has 0 atom stereocenters. The Morgan fingerprint density at radius 1 is 1.44 bits per heavy atom. The van der Waals surface area contributed by atoms with Crippen LogP contribution in [-0.4, -0.2) is 15.1 Å². The number of nitrogens with two attached hydrogens (primary N) is 1. The highest BCUT2D eigenvalue weighted by Crippen LogP contribution is 2.12. The zero-order chi connectivity index (χ0) is 11.5. The molecule has 2 aromatic rings. The highest BCUT2D eigenvalue weighted by atomic mass is 16.5. The average Bonchev–Trinajstić information content (AvgIpc) is 2.66. The predicted molar refractivity (Wildman–Crippen MR) is 59.7 cm³/mol. The van der Waals surface area contributed by atoms with E-state index in [-0.39, 0.29) is 5.95 Å². The molecule has 84 valence electrons. The van der Waals surface area contributed by atoms with Gasteiger partial charge in [0.1, 0.15) is 17.3 Å². The maximum absolute atomic E-state index is 5.50. The maximum Gasteiger partial charge on any atom is 0.221 e. The topological polar surface area (TPSA) is 89.9 Å². The van der Waals surface area contributed by atoms with E-state index in [4.69, 9.17) is 10.3 Å². The van der Waals surface area contributed by atoms with Gasteiger partial charge in [0.05, 0.1) is 6.54 Å². The molecule has 6 nitrogen and oxygen atoms in total. The summed E-state index contributed by atoms with van der Waals surface area (Å²) in [5.74, 6) is 1.76. The summed E-state index contributed by atoms with van der Waals surface area (Å²) in [5, 5.41) is 7.00. The maximum atomic E-state index is 5.50. The number of nitrogen functional groups attached to an aromatic ring is 1. The third-order valence-electron chi connectivity index (χ3n) is 2.10. The van der Waals surface area contributed by atoms with E-state index in [0.29, 0.717) is 12.4 Å². The van der Waals surface area contributed by atoms with Crippen LogP contribution in [0, 0.1) is 13.8 Å². The van der Waals surface area contributed by atoms with Gasteiger partial charge in [-0.1, -0.05) is 5.16 Å². The van der Waals surface area contributed by atoms with Crippen LogP contribution in [0.1, 0.15) is 17.0 Å². The molecule has 2 aromatic heterocycles. The van der Waals surface area contributed by atoms with E-state index in [1.807, 2.05) is 19.9 Å². The lowest BCUT2D eigenvalue weighted by molar-refractivity contribution is 0.391. The van der Waals surface area contributed by atoms with Crippen molar-refractivity contribution in [3.63, 3.8) is 0 Å². The van der Waals surface area contributed by atoms with E-state index in [9.17, 15) is 0 Å². The molecule has 2 rings (SSSR count). The quantitative estimate of drug-likeness (QED) is 0.808. The van der Waals surface area contributed by atoms with Crippen molar-refractivity contribution < 1.29 is 4.52 Å². The minimum Gasteiger partial charge on any atom is -0.368 e. The van der Waals surface area contributed by atoms with Crippen LogP contribution in [-0.2, 0) is 6.54 Å². The van der Waals surface area contributed by atoms with Gasteiger partial charge in [0.2, 0.25) is 5.95 Å². The number of hydrogen-bond donors (Lipinski definition) is 2. The van der Waals surface area contributed by atoms with Crippen molar-refractivity contribution in [3.8, 4) is 0 Å². The normalized spacial score (nSPS) is 10.4. The summed E-state index contributed by atoms with van der Waals surface area (Å²) in [6.45, 7) is 4.31. The minimum absolute atomic E-state index is 0.254. The Labute approximate surface area is 92.9 Å². The number of nitrogens with zero attached hydrogens (tertiary/aromatic N) is 3. The third kappa shape index (κ3) is 2.28. The summed E-state index contributed by atoms with van der Waals surface area (Å²) in [4.78, 5) is 7.98. The monoisotopic (exact) mass is 219 g/mol. The van der Waals surface area contributed by atoms with Crippen LogP contribution in [0.3, 0.4) is 0 Å². The van der Waals surface area contributed by atoms with Crippen molar-refractivity contribution in [2.24, 2.45) is 0 Å². The predicted octanol–water partition coefficient (Wildman–Crippen LogP) is 1.28. The zero-order valence-corrected chi connectivity index (χ0v) is 9.19. The average molecular weight is 219 g/mol. The number of anilines is 2. The Bertz CT molecular complexity index is 494. The Hall–Kier alpha value is -2.11. The molecule has 3 N–H and O–H groups in total. The largest absolute Gasteiger partial charge is 0.368 e. The van der Waals surface area contributed by atoms with Gasteiger partial charge in [0.25, 0.3) is 0 Å². The lowest BCUT2D eigenvalue weighted by Crippen LogP contribution is -2.06. The van der Waals surface area contributed by atoms with Gasteiger partial charge in [0, 0.05) is 17.8 Å². The van der Waals surface area contributed by atoms with Crippen LogP contribution < -0.4 is 11.1 Å². The van der Waals surface area contributed by atoms with Gasteiger partial charge < -0.3 is 15.6 Å². The highest BCUT2D eigenvalue weighted by Gasteiger charge is 2.04. The number of nitrogens with one attached hydrogen (secondary N) is 1. The van der Waals surface area contributed by atoms with Crippen LogP contribution in [0.15, 0.2) is 16.8 Å². The summed E-state index contributed by atoms with van der Waals surface area (Å²) >= 11 is 0. The molecule has 0 radical (unpaired) electrons. The fourth-order valence-corrected chi connectivity index (χ4v) is 1.31. The van der Waals surface area contributed by atoms with Crippen LogP contribution in [0.25, 0.3) is 0 Å². The standard InChI is InChI=1S/C10H13N5O/c1-6-4-13-10(11)14-9(6)12-5-8-3-7(2)16-15-8/h3-4H,5H2,1-2H3,(H3,11,12,13,14). The van der Waals surface area contributed by atoms with Gasteiger partial charge in [-0.3, -0.25) is 0 Å². The van der Waals surface area contributed by atoms with Crippen molar-refractivity contribution in [3.05, 3.63) is 29.3 Å². The van der Waals surface area contributed by atoms with Gasteiger partial charge >= 0.3 is 0 Å². The summed E-state index contributed by atoms with van der Waals surface area (Å²) in [5.41, 5.74) is 7.27. The first-order valence-corrected chi connectivity index (χ1v) is 4.90. The summed E-state index contributed by atoms with van der Waals surface area (Å²) in [6.07, 6.45) is 1.68. The van der Waals surface area contributed by atoms with Gasteiger partial charge in [-0.2, -0.15) is 4.98 Å². The van der Waals surface area contributed by atoms with Gasteiger partial charge in [-0.05, 0) is 13.8 Å². The molecule has 0 fully saturated rings. The van der Waals surface area contributed by atoms with Crippen molar-refractivity contribution in [2.45, 2.75) is 20.4 Å². The molecule has 0 aliphatic rings. The van der Waals surface area contributed by atoms with Crippen molar-refractivity contribution in [2.75, 3.05) is 11.1 Å². The van der Waals surface area contributed by atoms with E-state index in [1.54, 1.807) is 6.20 Å². The molecule has 6 heteroatoms. The second-order valence-electron chi connectivity index (χ2n) is 3.54. The summed E-state index contributed by atoms with van der Waals surface area (Å²) in [7, 11) is 0. The first kappa shape index (κ1) is 10.4. The van der Waals surface area contributed by atoms with Gasteiger partial charge in [-0.15, -0.1) is 0 Å². The molecule has 0 aliphatic carbocycles. The number of aromatic nitrogens is 3. The Kier molecular flexibility index (Phi) is 2.72. The lowest BCUT2D eigenvalue weighted by Gasteiger charge is -2.06. The third-order valence-corrected chi connectivity index (χ3v) is 2.10. The van der Waals surface area contributed by atoms with E-state index < -0.39 is 0 Å². The number of rotatable bonds is 3. The lowest BCUT2D eigenvalue weighted by atomic mass is 10.3. The molecule has 0 aromatic carbocycles. The van der Waals surface area contributed by atoms with Gasteiger partial charge in [0.15, 0.2) is 0 Å². The second-order valence-corrected chi connectivity index (χ2v) is 3.54. The molecule has 16 heavy (non-hydrogen) atoms. The molecule has 2 heterocycles. The number of hydrogen-bond acceptors (Lipinski definition) is 6. The van der Waals surface area contributed by atoms with Crippen LogP contribution in [0.5, 0.6) is 0 Å². The Morgan fingerprint density at radius 3 is 2.94 bits per heavy atom. The van der Waals surface area contributed by atoms with E-state index >= 15 is 0 Å². The van der Waals surface area contributed by atoms with E-state index in [0.717, 1.165) is 17.0 Å². The smallest absolute Gasteiger partial charge is 0.221 e. The molecule has 0 spiro atoms. The van der Waals surface area contributed by atoms with E-state index in [2.05, 4.69) is 20.4 Å². The molecular formula is C10H13N5O. The minimum atomic E-state index is 0.254. The first-order valence-electron chi connectivity index (χ1n) is 4.90. The highest BCUT2D eigenvalue weighted by molar-refractivity contribution is 5.45. The summed E-state index contributed by atoms with van der Waals surface area (Å²) < 4.78 is 4.96. The fraction of sp³-hybridized carbons (Fsp3) is 0.300. The number of aryl methyl sites for hydroxylation is 2. The van der Waals surface area contributed by atoms with Crippen molar-refractivity contribution in [1.82, 2.24) is 15.1 Å². The molecule has 0 unspecified atom stereocenters. The van der Waals surface area contributed by atoms with Crippen molar-refractivity contribution in [1.29, 1.82) is 0 Å². The van der Waals surface area contributed by atoms with Crippen LogP contribution in [0.2, 0.25) is 0 Å². The molecule has 0 amide bonds. The first-order chi connectivity index (χ1) is 7.65. The SMILES string of the molecule is Cc1cc(CNc2nc(N)ncc2C)no1. The van der Waals surface area contributed by atoms with Crippen LogP contribution in [0.4, 0.5) is 11.8 Å². The summed E-state index contributed by atoms with van der Waals surface area (Å²) in [6, 6.07) is 1.87. The Balaban J connectivity index is 2.07. The van der Waals surface area contributed by atoms with Crippen molar-refractivity contribution >= 4 is 11.8 Å². The molecule has 0 saturated carbocycles. The Morgan fingerprint density at radius 2 is 2.25 bits per heavy atom. The molecule has 0 bridgehead atoms. The second kappa shape index (κ2) is 4.18.